The molecule has 5 nitrogen and oxygen atoms in total. The van der Waals surface area contributed by atoms with Crippen LogP contribution in [0.2, 0.25) is 0 Å². The molecule has 6 heteroatoms. The van der Waals surface area contributed by atoms with Crippen molar-refractivity contribution in [3.8, 4) is 0 Å². The number of nitrogens with zero attached hydrogens (tertiary/aromatic N) is 2. The van der Waals surface area contributed by atoms with Crippen LogP contribution < -0.4 is 5.32 Å². The van der Waals surface area contributed by atoms with Gasteiger partial charge in [0.1, 0.15) is 0 Å². The summed E-state index contributed by atoms with van der Waals surface area (Å²) < 4.78 is 0. The van der Waals surface area contributed by atoms with Gasteiger partial charge in [-0.1, -0.05) is 12.8 Å². The van der Waals surface area contributed by atoms with Crippen molar-refractivity contribution in [1.82, 2.24) is 15.1 Å². The lowest BCUT2D eigenvalue weighted by molar-refractivity contribution is 0.0763. The molecule has 2 aliphatic rings. The molecule has 23 heavy (non-hydrogen) atoms. The lowest BCUT2D eigenvalue weighted by Gasteiger charge is -2.23. The maximum atomic E-state index is 12.4. The van der Waals surface area contributed by atoms with Crippen LogP contribution in [0, 0.1) is 5.92 Å². The highest BCUT2D eigenvalue weighted by atomic mass is 32.1. The van der Waals surface area contributed by atoms with Crippen molar-refractivity contribution in [3.05, 3.63) is 22.4 Å². The smallest absolute Gasteiger partial charge is 0.317 e. The minimum absolute atomic E-state index is 0.0294. The van der Waals surface area contributed by atoms with Gasteiger partial charge in [0.15, 0.2) is 0 Å². The largest absolute Gasteiger partial charge is 0.338 e. The van der Waals surface area contributed by atoms with Crippen molar-refractivity contribution in [3.63, 3.8) is 0 Å². The van der Waals surface area contributed by atoms with Crippen LogP contribution in [-0.4, -0.2) is 54.5 Å². The minimum Gasteiger partial charge on any atom is -0.338 e. The van der Waals surface area contributed by atoms with Crippen LogP contribution in [0.25, 0.3) is 0 Å². The second-order valence-corrected chi connectivity index (χ2v) is 7.26. The second-order valence-electron chi connectivity index (χ2n) is 6.48. The molecule has 0 radical (unpaired) electrons. The van der Waals surface area contributed by atoms with E-state index in [1.807, 2.05) is 26.6 Å². The fourth-order valence-electron chi connectivity index (χ4n) is 3.45. The molecule has 0 spiro atoms. The zero-order valence-electron chi connectivity index (χ0n) is 13.5. The highest BCUT2D eigenvalue weighted by Crippen LogP contribution is 2.23. The van der Waals surface area contributed by atoms with Crippen LogP contribution in [0.15, 0.2) is 16.8 Å². The number of hydrogen-bond acceptors (Lipinski definition) is 3. The third-order valence-corrected chi connectivity index (χ3v) is 5.54. The first-order valence-corrected chi connectivity index (χ1v) is 9.52. The predicted molar refractivity (Wildman–Crippen MR) is 91.8 cm³/mol. The second kappa shape index (κ2) is 7.81. The van der Waals surface area contributed by atoms with Gasteiger partial charge in [-0.2, -0.15) is 11.3 Å². The Hall–Kier alpha value is -1.56. The predicted octanol–water partition coefficient (Wildman–Crippen LogP) is 2.80. The highest BCUT2D eigenvalue weighted by molar-refractivity contribution is 7.08. The number of carbonyl (C=O) groups is 2. The molecule has 1 aliphatic carbocycles. The van der Waals surface area contributed by atoms with E-state index in [1.54, 1.807) is 0 Å². The van der Waals surface area contributed by atoms with Gasteiger partial charge < -0.3 is 15.1 Å². The van der Waals surface area contributed by atoms with Crippen molar-refractivity contribution in [2.45, 2.75) is 32.1 Å². The van der Waals surface area contributed by atoms with Gasteiger partial charge in [-0.15, -0.1) is 0 Å². The first kappa shape index (κ1) is 16.3. The van der Waals surface area contributed by atoms with Gasteiger partial charge in [-0.25, -0.2) is 4.79 Å². The van der Waals surface area contributed by atoms with Crippen LogP contribution in [0.3, 0.4) is 0 Å². The number of hydrogen-bond donors (Lipinski definition) is 1. The average Bonchev–Trinajstić information content (AvgIpc) is 3.22. The third-order valence-electron chi connectivity index (χ3n) is 4.86. The molecule has 2 fully saturated rings. The Kier molecular flexibility index (Phi) is 5.54. The monoisotopic (exact) mass is 335 g/mol. The standard InChI is InChI=1S/C17H25N3O2S/c21-16(15-6-11-23-13-15)19-7-3-8-20(10-9-19)17(22)18-12-14-4-1-2-5-14/h6,11,13-14H,1-5,7-10,12H2,(H,18,22). The SMILES string of the molecule is O=C(NCC1CCCC1)N1CCCN(C(=O)c2ccsc2)CC1. The molecule has 0 atom stereocenters. The zero-order valence-corrected chi connectivity index (χ0v) is 14.3. The number of thiophene rings is 1. The van der Waals surface area contributed by atoms with E-state index < -0.39 is 0 Å². The number of amides is 3. The van der Waals surface area contributed by atoms with Gasteiger partial charge >= 0.3 is 6.03 Å². The van der Waals surface area contributed by atoms with Gasteiger partial charge in [0.05, 0.1) is 5.56 Å². The molecule has 1 saturated carbocycles. The van der Waals surface area contributed by atoms with Gasteiger partial charge in [0.2, 0.25) is 0 Å². The quantitative estimate of drug-likeness (QED) is 0.923. The van der Waals surface area contributed by atoms with E-state index >= 15 is 0 Å². The number of urea groups is 1. The topological polar surface area (TPSA) is 52.7 Å². The van der Waals surface area contributed by atoms with Crippen molar-refractivity contribution in [2.75, 3.05) is 32.7 Å². The molecule has 1 aromatic rings. The van der Waals surface area contributed by atoms with Gasteiger partial charge in [-0.05, 0) is 36.6 Å². The van der Waals surface area contributed by atoms with Crippen LogP contribution in [-0.2, 0) is 0 Å². The summed E-state index contributed by atoms with van der Waals surface area (Å²) in [5.74, 6) is 0.738. The van der Waals surface area contributed by atoms with E-state index in [1.165, 1.54) is 37.0 Å². The summed E-state index contributed by atoms with van der Waals surface area (Å²) in [6, 6.07) is 1.89. The van der Waals surface area contributed by atoms with Gasteiger partial charge in [0, 0.05) is 38.1 Å². The summed E-state index contributed by atoms with van der Waals surface area (Å²) in [4.78, 5) is 28.5. The molecule has 0 aromatic carbocycles. The van der Waals surface area contributed by atoms with Crippen LogP contribution >= 0.6 is 11.3 Å². The first-order chi connectivity index (χ1) is 11.2. The summed E-state index contributed by atoms with van der Waals surface area (Å²) in [6.45, 7) is 3.48. The summed E-state index contributed by atoms with van der Waals surface area (Å²) in [5, 5.41) is 6.89. The van der Waals surface area contributed by atoms with Crippen molar-refractivity contribution in [1.29, 1.82) is 0 Å². The van der Waals surface area contributed by atoms with E-state index in [4.69, 9.17) is 0 Å². The Morgan fingerprint density at radius 1 is 1.09 bits per heavy atom. The van der Waals surface area contributed by atoms with Crippen molar-refractivity contribution < 1.29 is 9.59 Å². The van der Waals surface area contributed by atoms with Crippen LogP contribution in [0.1, 0.15) is 42.5 Å². The molecule has 126 valence electrons. The average molecular weight is 335 g/mol. The lowest BCUT2D eigenvalue weighted by atomic mass is 10.1. The fraction of sp³-hybridized carbons (Fsp3) is 0.647. The highest BCUT2D eigenvalue weighted by Gasteiger charge is 2.23. The first-order valence-electron chi connectivity index (χ1n) is 8.58. The van der Waals surface area contributed by atoms with Gasteiger partial charge in [0.25, 0.3) is 5.91 Å². The molecule has 2 heterocycles. The maximum absolute atomic E-state index is 12.4. The lowest BCUT2D eigenvalue weighted by Crippen LogP contribution is -2.43. The molecule has 0 bridgehead atoms. The summed E-state index contributed by atoms with van der Waals surface area (Å²) in [7, 11) is 0. The van der Waals surface area contributed by atoms with Gasteiger partial charge in [-0.3, -0.25) is 4.79 Å². The van der Waals surface area contributed by atoms with E-state index in [0.29, 0.717) is 19.0 Å². The summed E-state index contributed by atoms with van der Waals surface area (Å²) in [6.07, 6.45) is 5.91. The maximum Gasteiger partial charge on any atom is 0.317 e. The Morgan fingerprint density at radius 3 is 2.57 bits per heavy atom. The van der Waals surface area contributed by atoms with Crippen LogP contribution in [0.4, 0.5) is 4.79 Å². The fourth-order valence-corrected chi connectivity index (χ4v) is 4.08. The molecule has 3 rings (SSSR count). The summed E-state index contributed by atoms with van der Waals surface area (Å²) >= 11 is 1.54. The number of rotatable bonds is 3. The Balaban J connectivity index is 1.47. The molecular formula is C17H25N3O2S. The summed E-state index contributed by atoms with van der Waals surface area (Å²) in [5.41, 5.74) is 0.758. The van der Waals surface area contributed by atoms with Crippen molar-refractivity contribution in [2.24, 2.45) is 5.92 Å². The molecule has 1 N–H and O–H groups in total. The van der Waals surface area contributed by atoms with Crippen LogP contribution in [0.5, 0.6) is 0 Å². The Morgan fingerprint density at radius 2 is 1.83 bits per heavy atom. The van der Waals surface area contributed by atoms with E-state index in [2.05, 4.69) is 5.32 Å². The normalized spacial score (nSPS) is 19.7. The molecule has 1 aliphatic heterocycles. The number of nitrogens with one attached hydrogen (secondary N) is 1. The minimum atomic E-state index is 0.0294. The molecule has 0 unspecified atom stereocenters. The van der Waals surface area contributed by atoms with Crippen molar-refractivity contribution >= 4 is 23.3 Å². The number of carbonyl (C=O) groups excluding carboxylic acids is 2. The molecule has 1 saturated heterocycles. The molecular weight excluding hydrogens is 310 g/mol. The Labute approximate surface area is 141 Å². The third kappa shape index (κ3) is 4.25. The Bertz CT molecular complexity index is 526. The molecule has 1 aromatic heterocycles. The molecule has 3 amide bonds. The van der Waals surface area contributed by atoms with E-state index in [-0.39, 0.29) is 11.9 Å². The van der Waals surface area contributed by atoms with E-state index in [0.717, 1.165) is 31.6 Å². The van der Waals surface area contributed by atoms with E-state index in [9.17, 15) is 9.59 Å². The zero-order chi connectivity index (χ0) is 16.1.